The number of methoxy groups -OCH3 is 1. The van der Waals surface area contributed by atoms with Crippen molar-refractivity contribution in [3.8, 4) is 5.75 Å². The van der Waals surface area contributed by atoms with E-state index in [9.17, 15) is 14.4 Å². The predicted octanol–water partition coefficient (Wildman–Crippen LogP) is 3.17. The number of benzene rings is 1. The van der Waals surface area contributed by atoms with Gasteiger partial charge in [-0.2, -0.15) is 0 Å². The lowest BCUT2D eigenvalue weighted by Crippen LogP contribution is -2.44. The number of amides is 4. The van der Waals surface area contributed by atoms with Gasteiger partial charge in [0.2, 0.25) is 5.91 Å². The van der Waals surface area contributed by atoms with E-state index in [1.165, 1.54) is 7.11 Å². The lowest BCUT2D eigenvalue weighted by atomic mass is 10.2. The molecule has 0 aliphatic carbocycles. The zero-order valence-electron chi connectivity index (χ0n) is 17.6. The number of urea groups is 1. The van der Waals surface area contributed by atoms with Crippen LogP contribution in [0.15, 0.2) is 18.2 Å². The number of likely N-dealkylation sites (tertiary alicyclic amines) is 1. The van der Waals surface area contributed by atoms with Gasteiger partial charge in [-0.25, -0.2) is 9.59 Å². The van der Waals surface area contributed by atoms with Crippen LogP contribution in [0.5, 0.6) is 5.75 Å². The first-order chi connectivity index (χ1) is 13.6. The van der Waals surface area contributed by atoms with Crippen molar-refractivity contribution in [2.24, 2.45) is 0 Å². The van der Waals surface area contributed by atoms with Crippen molar-refractivity contribution in [2.75, 3.05) is 30.8 Å². The predicted molar refractivity (Wildman–Crippen MR) is 110 cm³/mol. The van der Waals surface area contributed by atoms with Gasteiger partial charge in [-0.05, 0) is 52.3 Å². The van der Waals surface area contributed by atoms with E-state index in [2.05, 4.69) is 16.0 Å². The van der Waals surface area contributed by atoms with Crippen LogP contribution in [0.1, 0.15) is 40.5 Å². The zero-order valence-corrected chi connectivity index (χ0v) is 17.6. The van der Waals surface area contributed by atoms with E-state index in [1.54, 1.807) is 43.9 Å². The number of rotatable bonds is 6. The molecule has 0 aromatic heterocycles. The lowest BCUT2D eigenvalue weighted by Gasteiger charge is -2.22. The average Bonchev–Trinajstić information content (AvgIpc) is 2.97. The highest BCUT2D eigenvalue weighted by Gasteiger charge is 2.22. The van der Waals surface area contributed by atoms with E-state index in [0.717, 1.165) is 13.0 Å². The molecule has 29 heavy (non-hydrogen) atoms. The maximum Gasteiger partial charge on any atom is 0.412 e. The second-order valence-electron chi connectivity index (χ2n) is 7.98. The van der Waals surface area contributed by atoms with Crippen LogP contribution >= 0.6 is 0 Å². The number of anilines is 2. The largest absolute Gasteiger partial charge is 0.495 e. The Morgan fingerprint density at radius 2 is 1.97 bits per heavy atom. The molecule has 1 fully saturated rings. The number of carbonyl (C=O) groups excluding carboxylic acids is 3. The maximum atomic E-state index is 12.3. The van der Waals surface area contributed by atoms with E-state index in [0.29, 0.717) is 30.1 Å². The van der Waals surface area contributed by atoms with Gasteiger partial charge in [-0.15, -0.1) is 0 Å². The van der Waals surface area contributed by atoms with E-state index < -0.39 is 17.7 Å². The number of hydrogen-bond donors (Lipinski definition) is 3. The average molecular weight is 406 g/mol. The minimum absolute atomic E-state index is 0.118. The Hall–Kier alpha value is -2.97. The van der Waals surface area contributed by atoms with Crippen LogP contribution in [0.4, 0.5) is 21.0 Å². The number of ether oxygens (including phenoxy) is 2. The summed E-state index contributed by atoms with van der Waals surface area (Å²) in [6.07, 6.45) is 0.802. The molecular formula is C20H30N4O5. The van der Waals surface area contributed by atoms with E-state index >= 15 is 0 Å². The first kappa shape index (κ1) is 22.3. The highest BCUT2D eigenvalue weighted by Crippen LogP contribution is 2.28. The van der Waals surface area contributed by atoms with Crippen molar-refractivity contribution < 1.29 is 23.9 Å². The molecule has 9 heteroatoms. The van der Waals surface area contributed by atoms with Crippen LogP contribution in [-0.2, 0) is 9.53 Å². The van der Waals surface area contributed by atoms with Crippen molar-refractivity contribution in [2.45, 2.75) is 52.2 Å². The van der Waals surface area contributed by atoms with E-state index in [1.807, 2.05) is 6.92 Å². The Morgan fingerprint density at radius 3 is 2.55 bits per heavy atom. The van der Waals surface area contributed by atoms with Gasteiger partial charge in [-0.3, -0.25) is 10.1 Å². The van der Waals surface area contributed by atoms with E-state index in [4.69, 9.17) is 9.47 Å². The summed E-state index contributed by atoms with van der Waals surface area (Å²) in [5, 5.41) is 8.15. The van der Waals surface area contributed by atoms with Crippen molar-refractivity contribution in [3.63, 3.8) is 0 Å². The minimum Gasteiger partial charge on any atom is -0.495 e. The molecule has 0 unspecified atom stereocenters. The molecule has 1 aromatic rings. The summed E-state index contributed by atoms with van der Waals surface area (Å²) in [6.45, 7) is 8.34. The second-order valence-corrected chi connectivity index (χ2v) is 7.98. The Balaban J connectivity index is 1.96. The van der Waals surface area contributed by atoms with Crippen molar-refractivity contribution in [1.29, 1.82) is 0 Å². The smallest absolute Gasteiger partial charge is 0.412 e. The van der Waals surface area contributed by atoms with Gasteiger partial charge in [0, 0.05) is 31.2 Å². The molecule has 2 rings (SSSR count). The first-order valence-corrected chi connectivity index (χ1v) is 9.60. The molecule has 1 aromatic carbocycles. The molecule has 4 amide bonds. The fourth-order valence-corrected chi connectivity index (χ4v) is 2.96. The van der Waals surface area contributed by atoms with Crippen LogP contribution in [0.3, 0.4) is 0 Å². The van der Waals surface area contributed by atoms with E-state index in [-0.39, 0.29) is 11.9 Å². The van der Waals surface area contributed by atoms with Gasteiger partial charge in [0.1, 0.15) is 11.4 Å². The molecule has 0 saturated carbocycles. The molecule has 9 nitrogen and oxygen atoms in total. The number of carbonyl (C=O) groups is 3. The quantitative estimate of drug-likeness (QED) is 0.672. The maximum absolute atomic E-state index is 12.3. The Bertz CT molecular complexity index is 760. The molecule has 1 heterocycles. The molecule has 1 saturated heterocycles. The second kappa shape index (κ2) is 9.49. The highest BCUT2D eigenvalue weighted by atomic mass is 16.6. The standard InChI is InChI=1S/C20H30N4O5/c1-13(12-24-10-6-7-17(24)25)21-18(26)22-14-8-9-16(28-5)15(11-14)23-19(27)29-20(2,3)4/h8-9,11,13H,6-7,10,12H2,1-5H3,(H,23,27)(H2,21,22,26)/t13-/m0/s1. The summed E-state index contributed by atoms with van der Waals surface area (Å²) in [6, 6.07) is 4.27. The molecule has 160 valence electrons. The molecular weight excluding hydrogens is 376 g/mol. The Morgan fingerprint density at radius 1 is 1.24 bits per heavy atom. The molecule has 1 aliphatic heterocycles. The molecule has 0 bridgehead atoms. The van der Waals surface area contributed by atoms with Gasteiger partial charge in [0.25, 0.3) is 0 Å². The third-order valence-corrected chi connectivity index (χ3v) is 4.14. The Kier molecular flexibility index (Phi) is 7.30. The molecule has 0 spiro atoms. The number of nitrogens with one attached hydrogen (secondary N) is 3. The minimum atomic E-state index is -0.639. The summed E-state index contributed by atoms with van der Waals surface area (Å²) in [7, 11) is 1.48. The third kappa shape index (κ3) is 7.17. The van der Waals surface area contributed by atoms with Gasteiger partial charge in [-0.1, -0.05) is 0 Å². The van der Waals surface area contributed by atoms with Crippen molar-refractivity contribution >= 4 is 29.4 Å². The van der Waals surface area contributed by atoms with Crippen molar-refractivity contribution in [1.82, 2.24) is 10.2 Å². The molecule has 3 N–H and O–H groups in total. The van der Waals surface area contributed by atoms with Crippen LogP contribution in [0, 0.1) is 0 Å². The van der Waals surface area contributed by atoms with Crippen LogP contribution in [0.25, 0.3) is 0 Å². The summed E-state index contributed by atoms with van der Waals surface area (Å²) in [5.74, 6) is 0.551. The first-order valence-electron chi connectivity index (χ1n) is 9.60. The topological polar surface area (TPSA) is 109 Å². The summed E-state index contributed by atoms with van der Waals surface area (Å²) in [5.41, 5.74) is 0.203. The number of hydrogen-bond acceptors (Lipinski definition) is 5. The third-order valence-electron chi connectivity index (χ3n) is 4.14. The van der Waals surface area contributed by atoms with Crippen LogP contribution < -0.4 is 20.7 Å². The fourth-order valence-electron chi connectivity index (χ4n) is 2.96. The zero-order chi connectivity index (χ0) is 21.6. The van der Waals surface area contributed by atoms with Gasteiger partial charge >= 0.3 is 12.1 Å². The fraction of sp³-hybridized carbons (Fsp3) is 0.550. The van der Waals surface area contributed by atoms with Crippen LogP contribution in [-0.4, -0.2) is 54.8 Å². The number of nitrogens with zero attached hydrogens (tertiary/aromatic N) is 1. The molecule has 1 atom stereocenters. The summed E-state index contributed by atoms with van der Waals surface area (Å²) in [4.78, 5) is 37.8. The van der Waals surface area contributed by atoms with Crippen LogP contribution in [0.2, 0.25) is 0 Å². The Labute approximate surface area is 171 Å². The SMILES string of the molecule is COc1ccc(NC(=O)N[C@@H](C)CN2CCCC2=O)cc1NC(=O)OC(C)(C)C. The summed E-state index contributed by atoms with van der Waals surface area (Å²) >= 11 is 0. The monoisotopic (exact) mass is 406 g/mol. The molecule has 0 radical (unpaired) electrons. The summed E-state index contributed by atoms with van der Waals surface area (Å²) < 4.78 is 10.5. The van der Waals surface area contributed by atoms with Gasteiger partial charge in [0.15, 0.2) is 0 Å². The van der Waals surface area contributed by atoms with Crippen molar-refractivity contribution in [3.05, 3.63) is 18.2 Å². The highest BCUT2D eigenvalue weighted by molar-refractivity contribution is 5.92. The lowest BCUT2D eigenvalue weighted by molar-refractivity contribution is -0.127. The molecule has 1 aliphatic rings. The van der Waals surface area contributed by atoms with Gasteiger partial charge < -0.3 is 25.0 Å². The van der Waals surface area contributed by atoms with Gasteiger partial charge in [0.05, 0.1) is 12.8 Å². The normalized spacial score (nSPS) is 14.9.